The zero-order valence-electron chi connectivity index (χ0n) is 7.51. The Morgan fingerprint density at radius 3 is 2.53 bits per heavy atom. The topological polar surface area (TPSA) is 72.0 Å². The average molecular weight is 219 g/mol. The number of nitrogens with two attached hydrogens (primary N) is 1. The maximum absolute atomic E-state index is 11.7. The van der Waals surface area contributed by atoms with E-state index in [-0.39, 0.29) is 11.7 Å². The van der Waals surface area contributed by atoms with Crippen molar-refractivity contribution >= 4 is 5.84 Å². The molecule has 0 bridgehead atoms. The molecule has 1 aromatic rings. The van der Waals surface area contributed by atoms with Crippen molar-refractivity contribution in [2.45, 2.75) is 6.18 Å². The minimum Gasteiger partial charge on any atom is -0.468 e. The van der Waals surface area contributed by atoms with Gasteiger partial charge in [-0.25, -0.2) is 4.98 Å². The van der Waals surface area contributed by atoms with Crippen molar-refractivity contribution < 1.29 is 17.9 Å². The van der Waals surface area contributed by atoms with Gasteiger partial charge in [0.25, 0.3) is 0 Å². The van der Waals surface area contributed by atoms with Gasteiger partial charge in [0.15, 0.2) is 6.61 Å². The fraction of sp³-hybridized carbons (Fsp3) is 0.250. The number of pyridine rings is 1. The summed E-state index contributed by atoms with van der Waals surface area (Å²) in [6.07, 6.45) is -3.21. The maximum atomic E-state index is 11.7. The van der Waals surface area contributed by atoms with Gasteiger partial charge in [-0.1, -0.05) is 0 Å². The van der Waals surface area contributed by atoms with Crippen LogP contribution in [0.3, 0.4) is 0 Å². The van der Waals surface area contributed by atoms with Crippen LogP contribution < -0.4 is 10.5 Å². The van der Waals surface area contributed by atoms with E-state index in [0.29, 0.717) is 5.56 Å². The zero-order valence-corrected chi connectivity index (χ0v) is 7.51. The summed E-state index contributed by atoms with van der Waals surface area (Å²) in [7, 11) is 0. The first-order chi connectivity index (χ1) is 6.88. The molecule has 15 heavy (non-hydrogen) atoms. The molecule has 7 heteroatoms. The van der Waals surface area contributed by atoms with Crippen molar-refractivity contribution in [2.24, 2.45) is 5.73 Å². The van der Waals surface area contributed by atoms with Gasteiger partial charge < -0.3 is 10.5 Å². The van der Waals surface area contributed by atoms with Gasteiger partial charge in [-0.15, -0.1) is 0 Å². The van der Waals surface area contributed by atoms with Crippen molar-refractivity contribution in [1.82, 2.24) is 4.98 Å². The minimum absolute atomic E-state index is 0.155. The van der Waals surface area contributed by atoms with Crippen molar-refractivity contribution in [3.63, 3.8) is 0 Å². The summed E-state index contributed by atoms with van der Waals surface area (Å²) in [6.45, 7) is -1.39. The predicted octanol–water partition coefficient (Wildman–Crippen LogP) is 1.31. The summed E-state index contributed by atoms with van der Waals surface area (Å²) in [5.74, 6) is -0.359. The van der Waals surface area contributed by atoms with Gasteiger partial charge >= 0.3 is 6.18 Å². The van der Waals surface area contributed by atoms with Gasteiger partial charge in [-0.3, -0.25) is 5.41 Å². The third kappa shape index (κ3) is 3.84. The van der Waals surface area contributed by atoms with Crippen LogP contribution >= 0.6 is 0 Å². The van der Waals surface area contributed by atoms with Crippen LogP contribution in [0.25, 0.3) is 0 Å². The van der Waals surface area contributed by atoms with Crippen molar-refractivity contribution in [1.29, 1.82) is 5.41 Å². The number of nitrogens with zero attached hydrogens (tertiary/aromatic N) is 1. The number of hydrogen-bond acceptors (Lipinski definition) is 3. The van der Waals surface area contributed by atoms with Crippen molar-refractivity contribution in [2.75, 3.05) is 6.61 Å². The Morgan fingerprint density at radius 1 is 1.47 bits per heavy atom. The number of amidine groups is 1. The van der Waals surface area contributed by atoms with E-state index in [9.17, 15) is 13.2 Å². The van der Waals surface area contributed by atoms with Crippen molar-refractivity contribution in [3.8, 4) is 5.88 Å². The van der Waals surface area contributed by atoms with Crippen LogP contribution in [-0.2, 0) is 0 Å². The van der Waals surface area contributed by atoms with Crippen LogP contribution in [0.1, 0.15) is 5.56 Å². The van der Waals surface area contributed by atoms with Crippen LogP contribution in [0.4, 0.5) is 13.2 Å². The first kappa shape index (κ1) is 11.3. The molecule has 4 nitrogen and oxygen atoms in total. The Balaban J connectivity index is 2.61. The van der Waals surface area contributed by atoms with Crippen LogP contribution in [0.15, 0.2) is 18.3 Å². The molecule has 0 spiro atoms. The van der Waals surface area contributed by atoms with Gasteiger partial charge in [0.05, 0.1) is 0 Å². The lowest BCUT2D eigenvalue weighted by atomic mass is 10.3. The Hall–Kier alpha value is -1.79. The third-order valence-corrected chi connectivity index (χ3v) is 1.43. The summed E-state index contributed by atoms with van der Waals surface area (Å²) >= 11 is 0. The van der Waals surface area contributed by atoms with E-state index in [0.717, 1.165) is 0 Å². The van der Waals surface area contributed by atoms with E-state index in [1.807, 2.05) is 0 Å². The molecule has 0 atom stereocenters. The SMILES string of the molecule is N=C(N)c1ccc(OCC(F)(F)F)nc1. The summed E-state index contributed by atoms with van der Waals surface area (Å²) in [4.78, 5) is 3.56. The molecule has 0 radical (unpaired) electrons. The molecule has 1 aromatic heterocycles. The molecule has 0 fully saturated rings. The average Bonchev–Trinajstić information content (AvgIpc) is 2.14. The molecule has 0 aliphatic carbocycles. The number of hydrogen-bond donors (Lipinski definition) is 2. The second-order valence-corrected chi connectivity index (χ2v) is 2.70. The number of nitrogen functional groups attached to an aromatic ring is 1. The third-order valence-electron chi connectivity index (χ3n) is 1.43. The van der Waals surface area contributed by atoms with Gasteiger partial charge in [0, 0.05) is 17.8 Å². The molecule has 1 heterocycles. The molecule has 0 aliphatic rings. The Labute approximate surface area is 83.4 Å². The minimum atomic E-state index is -4.39. The van der Waals surface area contributed by atoms with Crippen molar-refractivity contribution in [3.05, 3.63) is 23.9 Å². The van der Waals surface area contributed by atoms with Gasteiger partial charge in [0.1, 0.15) is 5.84 Å². The highest BCUT2D eigenvalue weighted by molar-refractivity contribution is 5.94. The van der Waals surface area contributed by atoms with E-state index < -0.39 is 12.8 Å². The van der Waals surface area contributed by atoms with E-state index in [1.54, 1.807) is 0 Å². The summed E-state index contributed by atoms with van der Waals surface area (Å²) in [5.41, 5.74) is 5.46. The van der Waals surface area contributed by atoms with E-state index in [2.05, 4.69) is 9.72 Å². The van der Waals surface area contributed by atoms with Crippen LogP contribution in [0, 0.1) is 5.41 Å². The Morgan fingerprint density at radius 2 is 2.13 bits per heavy atom. The predicted molar refractivity (Wildman–Crippen MR) is 46.8 cm³/mol. The van der Waals surface area contributed by atoms with E-state index >= 15 is 0 Å². The molecular weight excluding hydrogens is 211 g/mol. The highest BCUT2D eigenvalue weighted by Crippen LogP contribution is 2.16. The highest BCUT2D eigenvalue weighted by Gasteiger charge is 2.28. The first-order valence-corrected chi connectivity index (χ1v) is 3.88. The Bertz CT molecular complexity index is 347. The molecule has 0 saturated heterocycles. The standard InChI is InChI=1S/C8H8F3N3O/c9-8(10,11)4-15-6-2-1-5(3-14-6)7(12)13/h1-3H,4H2,(H3,12,13). The molecular formula is C8H8F3N3O. The second-order valence-electron chi connectivity index (χ2n) is 2.70. The molecule has 0 saturated carbocycles. The van der Waals surface area contributed by atoms with Gasteiger partial charge in [-0.05, 0) is 6.07 Å². The summed E-state index contributed by atoms with van der Waals surface area (Å²) in [5, 5.41) is 7.02. The second kappa shape index (κ2) is 4.16. The number of ether oxygens (including phenoxy) is 1. The molecule has 0 aliphatic heterocycles. The Kier molecular flexibility index (Phi) is 3.13. The molecule has 0 aromatic carbocycles. The molecule has 0 unspecified atom stereocenters. The lowest BCUT2D eigenvalue weighted by Gasteiger charge is -2.08. The van der Waals surface area contributed by atoms with E-state index in [4.69, 9.17) is 11.1 Å². The number of alkyl halides is 3. The smallest absolute Gasteiger partial charge is 0.422 e. The number of rotatable bonds is 3. The molecule has 1 rings (SSSR count). The van der Waals surface area contributed by atoms with Crippen LogP contribution in [0.5, 0.6) is 5.88 Å². The maximum Gasteiger partial charge on any atom is 0.422 e. The fourth-order valence-electron chi connectivity index (χ4n) is 0.781. The lowest BCUT2D eigenvalue weighted by molar-refractivity contribution is -0.154. The monoisotopic (exact) mass is 219 g/mol. The normalized spacial score (nSPS) is 11.1. The van der Waals surface area contributed by atoms with Gasteiger partial charge in [-0.2, -0.15) is 13.2 Å². The van der Waals surface area contributed by atoms with Crippen LogP contribution in [0.2, 0.25) is 0 Å². The number of aromatic nitrogens is 1. The highest BCUT2D eigenvalue weighted by atomic mass is 19.4. The largest absolute Gasteiger partial charge is 0.468 e. The summed E-state index contributed by atoms with van der Waals surface area (Å²) < 4.78 is 39.6. The summed E-state index contributed by atoms with van der Waals surface area (Å²) in [6, 6.07) is 2.59. The quantitative estimate of drug-likeness (QED) is 0.594. The fourth-order valence-corrected chi connectivity index (χ4v) is 0.781. The lowest BCUT2D eigenvalue weighted by Crippen LogP contribution is -2.19. The van der Waals surface area contributed by atoms with E-state index in [1.165, 1.54) is 18.3 Å². The molecule has 3 N–H and O–H groups in total. The van der Waals surface area contributed by atoms with Crippen LogP contribution in [-0.4, -0.2) is 23.6 Å². The number of halogens is 3. The molecule has 0 amide bonds. The van der Waals surface area contributed by atoms with Gasteiger partial charge in [0.2, 0.25) is 5.88 Å². The number of nitrogens with one attached hydrogen (secondary N) is 1. The molecule has 82 valence electrons. The first-order valence-electron chi connectivity index (χ1n) is 3.88. The zero-order chi connectivity index (χ0) is 11.5.